The van der Waals surface area contributed by atoms with Gasteiger partial charge in [-0.3, -0.25) is 4.99 Å². The van der Waals surface area contributed by atoms with Crippen molar-refractivity contribution >= 4 is 11.3 Å². The average molecular weight is 297 g/mol. The van der Waals surface area contributed by atoms with Gasteiger partial charge in [0.25, 0.3) is 0 Å². The second kappa shape index (κ2) is 5.56. The van der Waals surface area contributed by atoms with Crippen LogP contribution in [0, 0.1) is 0 Å². The van der Waals surface area contributed by atoms with Crippen molar-refractivity contribution in [3.8, 4) is 17.2 Å². The quantitative estimate of drug-likeness (QED) is 0.909. The third kappa shape index (κ3) is 2.44. The fourth-order valence-electron chi connectivity index (χ4n) is 2.64. The van der Waals surface area contributed by atoms with E-state index in [2.05, 4.69) is 4.99 Å². The van der Waals surface area contributed by atoms with Gasteiger partial charge in [-0.25, -0.2) is 0 Å². The second-order valence-electron chi connectivity index (χ2n) is 5.25. The van der Waals surface area contributed by atoms with E-state index >= 15 is 0 Å². The van der Waals surface area contributed by atoms with Crippen LogP contribution in [0.4, 0.5) is 0 Å². The SMILES string of the molecule is COc1ccc(C2=C(C)CN=C2c2ccc(O)cc2O)cc1.[HH]. The van der Waals surface area contributed by atoms with E-state index in [0.717, 1.165) is 28.2 Å². The van der Waals surface area contributed by atoms with Gasteiger partial charge in [-0.1, -0.05) is 12.1 Å². The molecule has 0 saturated heterocycles. The number of aromatic hydroxyl groups is 2. The fourth-order valence-corrected chi connectivity index (χ4v) is 2.64. The normalized spacial score (nSPS) is 14.2. The van der Waals surface area contributed by atoms with Gasteiger partial charge in [0, 0.05) is 18.6 Å². The van der Waals surface area contributed by atoms with Crippen LogP contribution in [0.15, 0.2) is 53.0 Å². The van der Waals surface area contributed by atoms with E-state index in [1.165, 1.54) is 6.07 Å². The first-order chi connectivity index (χ1) is 10.6. The Hall–Kier alpha value is -2.75. The van der Waals surface area contributed by atoms with Gasteiger partial charge < -0.3 is 14.9 Å². The lowest BCUT2D eigenvalue weighted by Gasteiger charge is -2.11. The van der Waals surface area contributed by atoms with Gasteiger partial charge in [0.15, 0.2) is 0 Å². The highest BCUT2D eigenvalue weighted by Crippen LogP contribution is 2.34. The number of hydrogen-bond donors (Lipinski definition) is 2. The largest absolute Gasteiger partial charge is 0.508 e. The number of benzene rings is 2. The predicted molar refractivity (Wildman–Crippen MR) is 88.9 cm³/mol. The zero-order valence-corrected chi connectivity index (χ0v) is 12.5. The molecule has 0 spiro atoms. The summed E-state index contributed by atoms with van der Waals surface area (Å²) in [5.41, 5.74) is 4.57. The van der Waals surface area contributed by atoms with Crippen LogP contribution in [0.3, 0.4) is 0 Å². The smallest absolute Gasteiger partial charge is 0.128 e. The first-order valence-corrected chi connectivity index (χ1v) is 7.01. The molecule has 4 heteroatoms. The van der Waals surface area contributed by atoms with Crippen LogP contribution in [-0.2, 0) is 0 Å². The van der Waals surface area contributed by atoms with Crippen molar-refractivity contribution in [1.29, 1.82) is 0 Å². The molecule has 2 aromatic rings. The summed E-state index contributed by atoms with van der Waals surface area (Å²) in [7, 11) is 1.64. The molecule has 1 heterocycles. The Labute approximate surface area is 130 Å². The summed E-state index contributed by atoms with van der Waals surface area (Å²) in [6.45, 7) is 2.64. The Morgan fingerprint density at radius 3 is 2.45 bits per heavy atom. The molecule has 3 rings (SSSR count). The van der Waals surface area contributed by atoms with Crippen molar-refractivity contribution in [2.75, 3.05) is 13.7 Å². The highest BCUT2D eigenvalue weighted by Gasteiger charge is 2.22. The number of hydrogen-bond acceptors (Lipinski definition) is 4. The van der Waals surface area contributed by atoms with E-state index in [0.29, 0.717) is 12.1 Å². The number of rotatable bonds is 3. The lowest BCUT2D eigenvalue weighted by atomic mass is 9.93. The first-order valence-electron chi connectivity index (χ1n) is 7.01. The molecule has 0 aliphatic carbocycles. The van der Waals surface area contributed by atoms with Crippen molar-refractivity contribution in [2.45, 2.75) is 6.92 Å². The summed E-state index contributed by atoms with van der Waals surface area (Å²) < 4.78 is 5.19. The molecule has 0 bridgehead atoms. The monoisotopic (exact) mass is 297 g/mol. The number of ether oxygens (including phenoxy) is 1. The molecule has 1 aliphatic rings. The highest BCUT2D eigenvalue weighted by atomic mass is 16.5. The summed E-state index contributed by atoms with van der Waals surface area (Å²) in [4.78, 5) is 4.55. The zero-order valence-electron chi connectivity index (χ0n) is 12.5. The summed E-state index contributed by atoms with van der Waals surface area (Å²) in [5, 5.41) is 19.5. The van der Waals surface area contributed by atoms with Gasteiger partial charge in [0.05, 0.1) is 19.4 Å². The molecule has 0 fully saturated rings. The Balaban J connectivity index is 0.00000192. The summed E-state index contributed by atoms with van der Waals surface area (Å²) in [6, 6.07) is 12.3. The molecule has 0 unspecified atom stereocenters. The van der Waals surface area contributed by atoms with Crippen LogP contribution in [0.25, 0.3) is 5.57 Å². The van der Waals surface area contributed by atoms with E-state index in [1.807, 2.05) is 31.2 Å². The number of phenols is 2. The fraction of sp³-hybridized carbons (Fsp3) is 0.167. The lowest BCUT2D eigenvalue weighted by molar-refractivity contribution is 0.415. The van der Waals surface area contributed by atoms with Gasteiger partial charge in [-0.2, -0.15) is 0 Å². The molecule has 0 saturated carbocycles. The van der Waals surface area contributed by atoms with Crippen molar-refractivity contribution in [2.24, 2.45) is 4.99 Å². The zero-order chi connectivity index (χ0) is 15.7. The topological polar surface area (TPSA) is 62.0 Å². The molecule has 4 nitrogen and oxygen atoms in total. The molecule has 0 amide bonds. The van der Waals surface area contributed by atoms with E-state index in [9.17, 15) is 10.2 Å². The Bertz CT molecular complexity index is 779. The summed E-state index contributed by atoms with van der Waals surface area (Å²) in [6.07, 6.45) is 0. The van der Waals surface area contributed by atoms with Gasteiger partial charge in [-0.15, -0.1) is 0 Å². The van der Waals surface area contributed by atoms with Crippen molar-refractivity contribution < 1.29 is 16.4 Å². The minimum Gasteiger partial charge on any atom is -0.508 e. The van der Waals surface area contributed by atoms with Crippen molar-refractivity contribution in [1.82, 2.24) is 0 Å². The minimum atomic E-state index is 0. The molecule has 0 aromatic heterocycles. The number of nitrogens with zero attached hydrogens (tertiary/aromatic N) is 1. The maximum Gasteiger partial charge on any atom is 0.128 e. The van der Waals surface area contributed by atoms with Gasteiger partial charge >= 0.3 is 0 Å². The van der Waals surface area contributed by atoms with Crippen LogP contribution >= 0.6 is 0 Å². The molecule has 0 atom stereocenters. The Kier molecular flexibility index (Phi) is 3.59. The lowest BCUT2D eigenvalue weighted by Crippen LogP contribution is -2.03. The van der Waals surface area contributed by atoms with E-state index in [1.54, 1.807) is 19.2 Å². The van der Waals surface area contributed by atoms with E-state index in [4.69, 9.17) is 4.74 Å². The van der Waals surface area contributed by atoms with Crippen LogP contribution in [0.1, 0.15) is 19.5 Å². The van der Waals surface area contributed by atoms with E-state index < -0.39 is 0 Å². The molecule has 0 radical (unpaired) electrons. The number of phenolic OH excluding ortho intramolecular Hbond substituents is 2. The standard InChI is InChI=1S/C18H17NO3.H2/c1-11-10-19-18(15-8-5-13(20)9-16(15)21)17(11)12-3-6-14(22-2)7-4-12;/h3-9,20-21H,10H2,1-2H3;1H. The van der Waals surface area contributed by atoms with Crippen LogP contribution in [-0.4, -0.2) is 29.6 Å². The third-order valence-electron chi connectivity index (χ3n) is 3.75. The predicted octanol–water partition coefficient (Wildman–Crippen LogP) is 3.63. The summed E-state index contributed by atoms with van der Waals surface area (Å²) >= 11 is 0. The first kappa shape index (κ1) is 14.2. The van der Waals surface area contributed by atoms with Gasteiger partial charge in [0.2, 0.25) is 0 Å². The second-order valence-corrected chi connectivity index (χ2v) is 5.25. The highest BCUT2D eigenvalue weighted by molar-refractivity contribution is 6.34. The maximum absolute atomic E-state index is 10.1. The van der Waals surface area contributed by atoms with Gasteiger partial charge in [-0.05, 0) is 42.3 Å². The Morgan fingerprint density at radius 1 is 1.09 bits per heavy atom. The number of allylic oxidation sites excluding steroid dienone is 1. The van der Waals surface area contributed by atoms with Crippen LogP contribution in [0.5, 0.6) is 17.2 Å². The maximum atomic E-state index is 10.1. The summed E-state index contributed by atoms with van der Waals surface area (Å²) in [5.74, 6) is 0.858. The molecular formula is C18H19NO3. The molecule has 22 heavy (non-hydrogen) atoms. The molecule has 114 valence electrons. The van der Waals surface area contributed by atoms with Crippen LogP contribution < -0.4 is 4.74 Å². The number of aliphatic imine (C=N–C) groups is 1. The molecular weight excluding hydrogens is 278 g/mol. The molecule has 2 aromatic carbocycles. The minimum absolute atomic E-state index is 0. The van der Waals surface area contributed by atoms with Crippen molar-refractivity contribution in [3.63, 3.8) is 0 Å². The molecule has 1 aliphatic heterocycles. The third-order valence-corrected chi connectivity index (χ3v) is 3.75. The van der Waals surface area contributed by atoms with Gasteiger partial charge in [0.1, 0.15) is 17.2 Å². The Morgan fingerprint density at radius 2 is 1.82 bits per heavy atom. The van der Waals surface area contributed by atoms with Crippen LogP contribution in [0.2, 0.25) is 0 Å². The van der Waals surface area contributed by atoms with Crippen molar-refractivity contribution in [3.05, 3.63) is 59.2 Å². The molecule has 2 N–H and O–H groups in total. The number of methoxy groups -OCH3 is 1. The van der Waals surface area contributed by atoms with E-state index in [-0.39, 0.29) is 12.9 Å². The average Bonchev–Trinajstić information content (AvgIpc) is 2.89.